The number of alkyl carbamates (subject to hydrolysis) is 1. The fourth-order valence-electron chi connectivity index (χ4n) is 5.14. The highest BCUT2D eigenvalue weighted by molar-refractivity contribution is 6.00. The first kappa shape index (κ1) is 28.7. The van der Waals surface area contributed by atoms with Gasteiger partial charge in [-0.05, 0) is 76.4 Å². The minimum absolute atomic E-state index is 0.0363. The van der Waals surface area contributed by atoms with Gasteiger partial charge in [0.2, 0.25) is 5.91 Å². The number of anilines is 1. The number of nitrogens with two attached hydrogens (primary N) is 1. The Bertz CT molecular complexity index is 1510. The van der Waals surface area contributed by atoms with Crippen LogP contribution in [0, 0.1) is 0 Å². The van der Waals surface area contributed by atoms with Crippen LogP contribution in [0.1, 0.15) is 67.1 Å². The summed E-state index contributed by atoms with van der Waals surface area (Å²) in [5, 5.41) is 25.6. The molecule has 1 spiro atoms. The molecule has 0 aliphatic carbocycles. The number of carbonyl (C=O) groups excluding carboxylic acids is 3. The molecule has 0 bridgehead atoms. The molecule has 220 valence electrons. The van der Waals surface area contributed by atoms with Gasteiger partial charge in [0.15, 0.2) is 5.60 Å². The molecule has 42 heavy (non-hydrogen) atoms. The summed E-state index contributed by atoms with van der Waals surface area (Å²) < 4.78 is 17.2. The Morgan fingerprint density at radius 1 is 0.952 bits per heavy atom. The van der Waals surface area contributed by atoms with Gasteiger partial charge >= 0.3 is 12.1 Å². The zero-order chi connectivity index (χ0) is 30.2. The lowest BCUT2D eigenvalue weighted by atomic mass is 9.77. The molecule has 6 N–H and O–H groups in total. The molecule has 0 saturated carbocycles. The predicted molar refractivity (Wildman–Crippen MR) is 153 cm³/mol. The largest absolute Gasteiger partial charge is 0.508 e. The molecule has 0 saturated heterocycles. The first-order valence-electron chi connectivity index (χ1n) is 13.6. The lowest BCUT2D eigenvalue weighted by Crippen LogP contribution is -2.36. The van der Waals surface area contributed by atoms with Crippen molar-refractivity contribution in [3.63, 3.8) is 0 Å². The molecular weight excluding hydrogens is 542 g/mol. The molecule has 2 aliphatic heterocycles. The van der Waals surface area contributed by atoms with Crippen LogP contribution in [-0.4, -0.2) is 46.4 Å². The van der Waals surface area contributed by atoms with E-state index in [0.717, 1.165) is 0 Å². The molecular formula is C31H33N3O8. The van der Waals surface area contributed by atoms with Crippen molar-refractivity contribution in [3.8, 4) is 23.0 Å². The van der Waals surface area contributed by atoms with Crippen LogP contribution in [0.5, 0.6) is 23.0 Å². The van der Waals surface area contributed by atoms with Crippen LogP contribution in [-0.2, 0) is 19.9 Å². The Hall–Kier alpha value is -4.77. The second-order valence-electron chi connectivity index (χ2n) is 11.3. The van der Waals surface area contributed by atoms with Crippen LogP contribution in [0.3, 0.4) is 0 Å². The Morgan fingerprint density at radius 3 is 2.19 bits per heavy atom. The standard InChI is InChI=1S/C31H33N3O8/c1-30(2,3)42-29(39)33-13-5-4-6-24(32)27(37)34-17-7-10-21-20(14-17)28(38)41-31(21)22-11-8-18(35)15-25(22)40-26-16-19(36)9-12-23(26)31/h7-12,14-16,24,35-36H,4-6,13,32H2,1-3H3,(H,33,39)(H,34,37)/t24-/m0/s1. The van der Waals surface area contributed by atoms with Crippen LogP contribution in [0.15, 0.2) is 54.6 Å². The van der Waals surface area contributed by atoms with Gasteiger partial charge in [-0.15, -0.1) is 0 Å². The van der Waals surface area contributed by atoms with Gasteiger partial charge in [-0.25, -0.2) is 9.59 Å². The number of ether oxygens (including phenoxy) is 3. The van der Waals surface area contributed by atoms with Gasteiger partial charge < -0.3 is 40.8 Å². The van der Waals surface area contributed by atoms with E-state index in [-0.39, 0.29) is 28.6 Å². The quantitative estimate of drug-likeness (QED) is 0.199. The third kappa shape index (κ3) is 5.55. The number of esters is 1. The average molecular weight is 576 g/mol. The van der Waals surface area contributed by atoms with E-state index < -0.39 is 35.2 Å². The normalized spacial score (nSPS) is 15.0. The topological polar surface area (TPSA) is 169 Å². The van der Waals surface area contributed by atoms with Crippen LogP contribution in [0.25, 0.3) is 0 Å². The number of hydrogen-bond acceptors (Lipinski definition) is 9. The Balaban J connectivity index is 1.30. The van der Waals surface area contributed by atoms with E-state index in [1.165, 1.54) is 30.3 Å². The zero-order valence-corrected chi connectivity index (χ0v) is 23.5. The molecule has 11 heteroatoms. The van der Waals surface area contributed by atoms with Crippen LogP contribution >= 0.6 is 0 Å². The maximum atomic E-state index is 13.3. The minimum Gasteiger partial charge on any atom is -0.508 e. The van der Waals surface area contributed by atoms with Crippen molar-refractivity contribution >= 4 is 23.7 Å². The monoisotopic (exact) mass is 575 g/mol. The predicted octanol–water partition coefficient (Wildman–Crippen LogP) is 4.63. The first-order valence-corrected chi connectivity index (χ1v) is 13.6. The summed E-state index contributed by atoms with van der Waals surface area (Å²) >= 11 is 0. The molecule has 3 aromatic rings. The lowest BCUT2D eigenvalue weighted by Gasteiger charge is -2.36. The number of amides is 2. The second kappa shape index (κ2) is 10.9. The average Bonchev–Trinajstić information content (AvgIpc) is 3.18. The number of unbranched alkanes of at least 4 members (excludes halogenated alkanes) is 1. The summed E-state index contributed by atoms with van der Waals surface area (Å²) in [5.74, 6) is -0.542. The molecule has 0 aromatic heterocycles. The molecule has 2 aliphatic rings. The molecule has 3 aromatic carbocycles. The minimum atomic E-state index is -1.39. The number of rotatable bonds is 7. The first-order chi connectivity index (χ1) is 19.9. The van der Waals surface area contributed by atoms with Gasteiger partial charge in [0.05, 0.1) is 11.6 Å². The summed E-state index contributed by atoms with van der Waals surface area (Å²) in [6, 6.07) is 13.1. The van der Waals surface area contributed by atoms with Crippen molar-refractivity contribution in [1.29, 1.82) is 0 Å². The highest BCUT2D eigenvalue weighted by Gasteiger charge is 2.53. The number of hydrogen-bond donors (Lipinski definition) is 5. The van der Waals surface area contributed by atoms with Crippen molar-refractivity contribution in [2.24, 2.45) is 5.73 Å². The molecule has 0 fully saturated rings. The lowest BCUT2D eigenvalue weighted by molar-refractivity contribution is -0.117. The zero-order valence-electron chi connectivity index (χ0n) is 23.5. The van der Waals surface area contributed by atoms with Crippen LogP contribution in [0.2, 0.25) is 0 Å². The van der Waals surface area contributed by atoms with E-state index in [4.69, 9.17) is 19.9 Å². The number of nitrogens with one attached hydrogen (secondary N) is 2. The van der Waals surface area contributed by atoms with E-state index >= 15 is 0 Å². The van der Waals surface area contributed by atoms with Crippen molar-refractivity contribution in [3.05, 3.63) is 76.9 Å². The van der Waals surface area contributed by atoms with E-state index in [1.807, 2.05) is 0 Å². The van der Waals surface area contributed by atoms with Gasteiger partial charge in [0.1, 0.15) is 28.6 Å². The van der Waals surface area contributed by atoms with Crippen molar-refractivity contribution < 1.29 is 38.8 Å². The van der Waals surface area contributed by atoms with E-state index in [2.05, 4.69) is 10.6 Å². The molecule has 11 nitrogen and oxygen atoms in total. The molecule has 0 radical (unpaired) electrons. The molecule has 2 heterocycles. The number of fused-ring (bicyclic) bond motifs is 6. The summed E-state index contributed by atoms with van der Waals surface area (Å²) in [6.45, 7) is 5.75. The van der Waals surface area contributed by atoms with Crippen molar-refractivity contribution in [2.45, 2.75) is 57.3 Å². The number of phenols is 2. The van der Waals surface area contributed by atoms with Crippen LogP contribution in [0.4, 0.5) is 10.5 Å². The third-order valence-electron chi connectivity index (χ3n) is 6.99. The summed E-state index contributed by atoms with van der Waals surface area (Å²) in [5.41, 5.74) is 6.29. The van der Waals surface area contributed by atoms with E-state index in [0.29, 0.717) is 48.2 Å². The van der Waals surface area contributed by atoms with Crippen molar-refractivity contribution in [1.82, 2.24) is 5.32 Å². The second-order valence-corrected chi connectivity index (χ2v) is 11.3. The Labute approximate surface area is 242 Å². The summed E-state index contributed by atoms with van der Waals surface area (Å²) in [6.07, 6.45) is 1.13. The van der Waals surface area contributed by atoms with E-state index in [1.54, 1.807) is 45.0 Å². The highest BCUT2D eigenvalue weighted by Crippen LogP contribution is 2.57. The maximum Gasteiger partial charge on any atom is 0.407 e. The molecule has 2 amide bonds. The fraction of sp³-hybridized carbons (Fsp3) is 0.323. The van der Waals surface area contributed by atoms with Crippen LogP contribution < -0.4 is 21.1 Å². The van der Waals surface area contributed by atoms with Gasteiger partial charge in [-0.1, -0.05) is 6.07 Å². The maximum absolute atomic E-state index is 13.3. The number of carbonyl (C=O) groups is 3. The van der Waals surface area contributed by atoms with E-state index in [9.17, 15) is 24.6 Å². The Kier molecular flexibility index (Phi) is 7.46. The highest BCUT2D eigenvalue weighted by atomic mass is 16.6. The molecule has 1 atom stereocenters. The smallest absolute Gasteiger partial charge is 0.407 e. The van der Waals surface area contributed by atoms with Gasteiger partial charge in [0.25, 0.3) is 0 Å². The van der Waals surface area contributed by atoms with Gasteiger partial charge in [-0.2, -0.15) is 0 Å². The fourth-order valence-corrected chi connectivity index (χ4v) is 5.14. The number of benzene rings is 3. The SMILES string of the molecule is CC(C)(C)OC(=O)NCCCC[C@H](N)C(=O)Nc1ccc2c(c1)C(=O)OC21c2ccc(O)cc2Oc2cc(O)ccc21. The van der Waals surface area contributed by atoms with Gasteiger partial charge in [0, 0.05) is 41.1 Å². The summed E-state index contributed by atoms with van der Waals surface area (Å²) in [7, 11) is 0. The van der Waals surface area contributed by atoms with Crippen molar-refractivity contribution in [2.75, 3.05) is 11.9 Å². The van der Waals surface area contributed by atoms with Gasteiger partial charge in [-0.3, -0.25) is 4.79 Å². The summed E-state index contributed by atoms with van der Waals surface area (Å²) in [4.78, 5) is 37.8. The molecule has 0 unspecified atom stereocenters. The molecule has 5 rings (SSSR count). The number of phenolic OH excluding ortho intramolecular Hbond substituents is 2. The third-order valence-corrected chi connectivity index (χ3v) is 6.99. The Morgan fingerprint density at radius 2 is 1.57 bits per heavy atom. The number of aromatic hydroxyl groups is 2.